The predicted octanol–water partition coefficient (Wildman–Crippen LogP) is 2.44. The summed E-state index contributed by atoms with van der Waals surface area (Å²) in [7, 11) is 0. The van der Waals surface area contributed by atoms with Crippen molar-refractivity contribution in [2.45, 2.75) is 19.4 Å². The molecule has 0 aliphatic carbocycles. The van der Waals surface area contributed by atoms with Crippen molar-refractivity contribution in [2.75, 3.05) is 13.1 Å². The van der Waals surface area contributed by atoms with E-state index >= 15 is 0 Å². The standard InChI is InChI=1S/C10H13BrN2/c11-9-3-4-12-10(7-9)8-13-5-1-2-6-13/h3-4,7H,1-2,5-6,8H2. The SMILES string of the molecule is Brc1ccnc(CN2CCCC2)c1. The third-order valence-electron chi connectivity index (χ3n) is 2.36. The largest absolute Gasteiger partial charge is 0.298 e. The lowest BCUT2D eigenvalue weighted by atomic mass is 10.3. The molecule has 1 aliphatic heterocycles. The topological polar surface area (TPSA) is 16.1 Å². The summed E-state index contributed by atoms with van der Waals surface area (Å²) in [6, 6.07) is 4.06. The molecule has 2 heterocycles. The third-order valence-corrected chi connectivity index (χ3v) is 2.86. The summed E-state index contributed by atoms with van der Waals surface area (Å²) in [5.74, 6) is 0. The van der Waals surface area contributed by atoms with E-state index < -0.39 is 0 Å². The fourth-order valence-corrected chi connectivity index (χ4v) is 2.09. The van der Waals surface area contributed by atoms with E-state index in [-0.39, 0.29) is 0 Å². The summed E-state index contributed by atoms with van der Waals surface area (Å²) in [5, 5.41) is 0. The maximum atomic E-state index is 4.33. The molecule has 1 aromatic rings. The number of nitrogens with zero attached hydrogens (tertiary/aromatic N) is 2. The van der Waals surface area contributed by atoms with Crippen molar-refractivity contribution in [1.82, 2.24) is 9.88 Å². The highest BCUT2D eigenvalue weighted by Crippen LogP contribution is 2.14. The van der Waals surface area contributed by atoms with Gasteiger partial charge in [-0.3, -0.25) is 9.88 Å². The van der Waals surface area contributed by atoms with E-state index in [1.165, 1.54) is 25.9 Å². The molecule has 2 rings (SSSR count). The number of likely N-dealkylation sites (tertiary alicyclic amines) is 1. The molecule has 0 unspecified atom stereocenters. The molecule has 1 fully saturated rings. The average molecular weight is 241 g/mol. The zero-order valence-corrected chi connectivity index (χ0v) is 9.13. The van der Waals surface area contributed by atoms with Gasteiger partial charge in [0.25, 0.3) is 0 Å². The molecule has 0 radical (unpaired) electrons. The fraction of sp³-hybridized carbons (Fsp3) is 0.500. The Morgan fingerprint density at radius 3 is 2.85 bits per heavy atom. The number of aromatic nitrogens is 1. The molecule has 0 saturated carbocycles. The lowest BCUT2D eigenvalue weighted by Gasteiger charge is -2.13. The molecule has 0 N–H and O–H groups in total. The number of pyridine rings is 1. The molecule has 13 heavy (non-hydrogen) atoms. The Bertz CT molecular complexity index is 282. The highest BCUT2D eigenvalue weighted by molar-refractivity contribution is 9.10. The van der Waals surface area contributed by atoms with Crippen molar-refractivity contribution >= 4 is 15.9 Å². The molecule has 0 aromatic carbocycles. The van der Waals surface area contributed by atoms with E-state index in [0.29, 0.717) is 0 Å². The first-order chi connectivity index (χ1) is 6.34. The molecule has 1 saturated heterocycles. The molecule has 0 bridgehead atoms. The third kappa shape index (κ3) is 2.51. The van der Waals surface area contributed by atoms with Gasteiger partial charge < -0.3 is 0 Å². The van der Waals surface area contributed by atoms with E-state index in [4.69, 9.17) is 0 Å². The van der Waals surface area contributed by atoms with Crippen LogP contribution in [0.2, 0.25) is 0 Å². The summed E-state index contributed by atoms with van der Waals surface area (Å²) in [5.41, 5.74) is 1.16. The minimum Gasteiger partial charge on any atom is -0.298 e. The second kappa shape index (κ2) is 4.20. The zero-order valence-electron chi connectivity index (χ0n) is 7.54. The minimum absolute atomic E-state index is 0.999. The van der Waals surface area contributed by atoms with Crippen LogP contribution in [0.5, 0.6) is 0 Å². The number of hydrogen-bond donors (Lipinski definition) is 0. The van der Waals surface area contributed by atoms with Gasteiger partial charge in [-0.25, -0.2) is 0 Å². The Balaban J connectivity index is 2.00. The molecule has 0 amide bonds. The molecule has 0 atom stereocenters. The van der Waals surface area contributed by atoms with Crippen LogP contribution in [-0.2, 0) is 6.54 Å². The summed E-state index contributed by atoms with van der Waals surface area (Å²) < 4.78 is 1.12. The van der Waals surface area contributed by atoms with Crippen molar-refractivity contribution < 1.29 is 0 Å². The second-order valence-corrected chi connectivity index (χ2v) is 4.36. The monoisotopic (exact) mass is 240 g/mol. The maximum Gasteiger partial charge on any atom is 0.0555 e. The number of halogens is 1. The maximum absolute atomic E-state index is 4.33. The van der Waals surface area contributed by atoms with Crippen LogP contribution in [0, 0.1) is 0 Å². The van der Waals surface area contributed by atoms with Gasteiger partial charge in [0.05, 0.1) is 5.69 Å². The van der Waals surface area contributed by atoms with E-state index in [1.807, 2.05) is 12.3 Å². The summed E-state index contributed by atoms with van der Waals surface area (Å²) in [6.45, 7) is 3.46. The summed E-state index contributed by atoms with van der Waals surface area (Å²) >= 11 is 3.45. The Morgan fingerprint density at radius 1 is 1.38 bits per heavy atom. The van der Waals surface area contributed by atoms with Gasteiger partial charge in [0.15, 0.2) is 0 Å². The Hall–Kier alpha value is -0.410. The first-order valence-electron chi connectivity index (χ1n) is 4.67. The van der Waals surface area contributed by atoms with Crippen LogP contribution >= 0.6 is 15.9 Å². The predicted molar refractivity (Wildman–Crippen MR) is 56.4 cm³/mol. The molecule has 0 spiro atoms. The van der Waals surface area contributed by atoms with Crippen molar-refractivity contribution in [3.8, 4) is 0 Å². The van der Waals surface area contributed by atoms with Crippen LogP contribution in [0.15, 0.2) is 22.8 Å². The Morgan fingerprint density at radius 2 is 2.15 bits per heavy atom. The van der Waals surface area contributed by atoms with E-state index in [9.17, 15) is 0 Å². The highest BCUT2D eigenvalue weighted by Gasteiger charge is 2.11. The summed E-state index contributed by atoms with van der Waals surface area (Å²) in [6.07, 6.45) is 4.54. The minimum atomic E-state index is 0.999. The molecular weight excluding hydrogens is 228 g/mol. The molecule has 1 aliphatic rings. The van der Waals surface area contributed by atoms with E-state index in [2.05, 4.69) is 31.9 Å². The van der Waals surface area contributed by atoms with Crippen LogP contribution in [0.4, 0.5) is 0 Å². The zero-order chi connectivity index (χ0) is 9.10. The highest BCUT2D eigenvalue weighted by atomic mass is 79.9. The Labute approximate surface area is 87.1 Å². The molecule has 3 heteroatoms. The van der Waals surface area contributed by atoms with Gasteiger partial charge in [0.2, 0.25) is 0 Å². The second-order valence-electron chi connectivity index (χ2n) is 3.45. The molecular formula is C10H13BrN2. The van der Waals surface area contributed by atoms with Crippen molar-refractivity contribution in [2.24, 2.45) is 0 Å². The van der Waals surface area contributed by atoms with Crippen molar-refractivity contribution in [1.29, 1.82) is 0 Å². The van der Waals surface area contributed by atoms with Crippen LogP contribution < -0.4 is 0 Å². The number of hydrogen-bond acceptors (Lipinski definition) is 2. The van der Waals surface area contributed by atoms with Gasteiger partial charge in [-0.05, 0) is 38.1 Å². The average Bonchev–Trinajstić information content (AvgIpc) is 2.57. The summed E-state index contributed by atoms with van der Waals surface area (Å²) in [4.78, 5) is 6.78. The van der Waals surface area contributed by atoms with Gasteiger partial charge in [-0.15, -0.1) is 0 Å². The first kappa shape index (κ1) is 9.16. The van der Waals surface area contributed by atoms with Crippen LogP contribution in [-0.4, -0.2) is 23.0 Å². The van der Waals surface area contributed by atoms with E-state index in [1.54, 1.807) is 0 Å². The molecule has 1 aromatic heterocycles. The van der Waals surface area contributed by atoms with Crippen molar-refractivity contribution in [3.05, 3.63) is 28.5 Å². The fourth-order valence-electron chi connectivity index (χ4n) is 1.71. The van der Waals surface area contributed by atoms with Gasteiger partial charge in [-0.1, -0.05) is 15.9 Å². The Kier molecular flexibility index (Phi) is 2.96. The van der Waals surface area contributed by atoms with Crippen LogP contribution in [0.3, 0.4) is 0 Å². The lowest BCUT2D eigenvalue weighted by Crippen LogP contribution is -2.18. The normalized spacial score (nSPS) is 17.9. The van der Waals surface area contributed by atoms with Crippen LogP contribution in [0.25, 0.3) is 0 Å². The van der Waals surface area contributed by atoms with Gasteiger partial charge in [0, 0.05) is 17.2 Å². The van der Waals surface area contributed by atoms with Crippen LogP contribution in [0.1, 0.15) is 18.5 Å². The van der Waals surface area contributed by atoms with Gasteiger partial charge >= 0.3 is 0 Å². The van der Waals surface area contributed by atoms with Gasteiger partial charge in [-0.2, -0.15) is 0 Å². The lowest BCUT2D eigenvalue weighted by molar-refractivity contribution is 0.327. The van der Waals surface area contributed by atoms with E-state index in [0.717, 1.165) is 16.7 Å². The number of rotatable bonds is 2. The first-order valence-corrected chi connectivity index (χ1v) is 5.47. The molecule has 2 nitrogen and oxygen atoms in total. The molecule has 70 valence electrons. The van der Waals surface area contributed by atoms with Gasteiger partial charge in [0.1, 0.15) is 0 Å². The quantitative estimate of drug-likeness (QED) is 0.790. The smallest absolute Gasteiger partial charge is 0.0555 e. The van der Waals surface area contributed by atoms with Crippen molar-refractivity contribution in [3.63, 3.8) is 0 Å².